The molecule has 0 radical (unpaired) electrons. The maximum absolute atomic E-state index is 13.3. The van der Waals surface area contributed by atoms with E-state index in [0.717, 1.165) is 118 Å². The number of aliphatic carboxylic acids is 1. The summed E-state index contributed by atoms with van der Waals surface area (Å²) in [6.07, 6.45) is 10.3. The fourth-order valence-electron chi connectivity index (χ4n) is 9.56. The number of aliphatic hydroxyl groups is 2. The lowest BCUT2D eigenvalue weighted by Gasteiger charge is -2.30. The fourth-order valence-corrected chi connectivity index (χ4v) is 9.82. The maximum Gasteiger partial charge on any atom is 0.308 e. The summed E-state index contributed by atoms with van der Waals surface area (Å²) in [5, 5.41) is 35.1. The molecule has 70 heavy (non-hydrogen) atoms. The van der Waals surface area contributed by atoms with Gasteiger partial charge in [-0.15, -0.1) is 0 Å². The van der Waals surface area contributed by atoms with E-state index in [4.69, 9.17) is 43.5 Å². The van der Waals surface area contributed by atoms with Gasteiger partial charge in [-0.3, -0.25) is 9.59 Å². The zero-order valence-corrected chi connectivity index (χ0v) is 41.1. The minimum absolute atomic E-state index is 0. The molecule has 13 nitrogen and oxygen atoms in total. The molecule has 4 aromatic rings. The molecular weight excluding hydrogens is 928 g/mol. The molecule has 0 spiro atoms. The van der Waals surface area contributed by atoms with E-state index in [1.807, 2.05) is 97.1 Å². The first-order chi connectivity index (χ1) is 33.4. The summed E-state index contributed by atoms with van der Waals surface area (Å²) in [5.74, 6) is 0.710. The minimum Gasteiger partial charge on any atom is -0.490 e. The van der Waals surface area contributed by atoms with E-state index in [-0.39, 0.29) is 38.7 Å². The van der Waals surface area contributed by atoms with Crippen molar-refractivity contribution >= 4 is 46.5 Å². The van der Waals surface area contributed by atoms with Crippen LogP contribution in [0.4, 0.5) is 11.4 Å². The van der Waals surface area contributed by atoms with Crippen molar-refractivity contribution in [2.24, 2.45) is 17.6 Å². The van der Waals surface area contributed by atoms with Crippen molar-refractivity contribution in [3.63, 3.8) is 0 Å². The average molecular weight is 1000 g/mol. The zero-order valence-electron chi connectivity index (χ0n) is 39.6. The highest BCUT2D eigenvalue weighted by Gasteiger charge is 2.34. The van der Waals surface area contributed by atoms with E-state index in [2.05, 4.69) is 24.9 Å². The number of carboxylic acids is 1. The molecule has 6 atom stereocenters. The van der Waals surface area contributed by atoms with Gasteiger partial charge < -0.3 is 55.4 Å². The number of nitrogens with two attached hydrogens (primary N) is 1. The summed E-state index contributed by atoms with van der Waals surface area (Å²) >= 11 is 11.8. The molecule has 15 heteroatoms. The Hall–Kier alpha value is -4.60. The predicted molar refractivity (Wildman–Crippen MR) is 281 cm³/mol. The van der Waals surface area contributed by atoms with Gasteiger partial charge in [0.05, 0.1) is 36.2 Å². The number of carboxylic acid groups (broad SMARTS) is 1. The Labute approximate surface area is 426 Å². The first kappa shape index (κ1) is 53.2. The molecule has 10 rings (SSSR count). The van der Waals surface area contributed by atoms with Crippen molar-refractivity contribution in [2.45, 2.75) is 108 Å². The lowest BCUT2D eigenvalue weighted by atomic mass is 10.00. The highest BCUT2D eigenvalue weighted by molar-refractivity contribution is 6.30. The first-order valence-electron chi connectivity index (χ1n) is 25.1. The smallest absolute Gasteiger partial charge is 0.308 e. The molecule has 1 amide bonds. The van der Waals surface area contributed by atoms with E-state index < -0.39 is 18.2 Å². The van der Waals surface area contributed by atoms with Gasteiger partial charge in [0, 0.05) is 68.2 Å². The van der Waals surface area contributed by atoms with E-state index in [9.17, 15) is 19.8 Å². The summed E-state index contributed by atoms with van der Waals surface area (Å²) in [4.78, 5) is 33.0. The first-order valence-corrected chi connectivity index (χ1v) is 25.8. The Morgan fingerprint density at radius 2 is 1.01 bits per heavy atom. The number of likely N-dealkylation sites (tertiary alicyclic amines) is 2. The van der Waals surface area contributed by atoms with Crippen LogP contribution in [-0.4, -0.2) is 127 Å². The number of hydrogen-bond acceptors (Lipinski definition) is 11. The van der Waals surface area contributed by atoms with E-state index in [0.29, 0.717) is 41.9 Å². The Morgan fingerprint density at radius 3 is 1.44 bits per heavy atom. The van der Waals surface area contributed by atoms with Gasteiger partial charge in [0.15, 0.2) is 0 Å². The topological polar surface area (TPSA) is 164 Å². The second-order valence-electron chi connectivity index (χ2n) is 19.6. The van der Waals surface area contributed by atoms with E-state index in [1.54, 1.807) is 0 Å². The number of amides is 1. The van der Waals surface area contributed by atoms with Crippen LogP contribution >= 0.6 is 23.2 Å². The summed E-state index contributed by atoms with van der Waals surface area (Å²) < 4.78 is 11.5. The van der Waals surface area contributed by atoms with Gasteiger partial charge in [0.1, 0.15) is 17.6 Å². The fraction of sp³-hybridized carbons (Fsp3) is 0.527. The van der Waals surface area contributed by atoms with Crippen LogP contribution in [0, 0.1) is 11.8 Å². The molecule has 4 aliphatic heterocycles. The van der Waals surface area contributed by atoms with Crippen molar-refractivity contribution in [2.75, 3.05) is 75.2 Å². The molecule has 0 bridgehead atoms. The summed E-state index contributed by atoms with van der Waals surface area (Å²) in [7, 11) is 0. The number of benzene rings is 4. The molecule has 6 fully saturated rings. The molecule has 6 N–H and O–H groups in total. The van der Waals surface area contributed by atoms with Gasteiger partial charge in [-0.2, -0.15) is 0 Å². The molecule has 4 aromatic carbocycles. The lowest BCUT2D eigenvalue weighted by Crippen LogP contribution is -2.48. The molecule has 2 saturated carbocycles. The Morgan fingerprint density at radius 1 is 0.600 bits per heavy atom. The Balaban J connectivity index is 0.000000189. The zero-order chi connectivity index (χ0) is 48.3. The highest BCUT2D eigenvalue weighted by Crippen LogP contribution is 2.31. The quantitative estimate of drug-likeness (QED) is 0.0684. The number of nitrogens with one attached hydrogen (secondary N) is 1. The van der Waals surface area contributed by atoms with E-state index in [1.165, 1.54) is 25.7 Å². The van der Waals surface area contributed by atoms with Crippen molar-refractivity contribution in [1.29, 1.82) is 0 Å². The Kier molecular flexibility index (Phi) is 19.5. The number of carbonyl (C=O) groups excluding carboxylic acids is 1. The largest absolute Gasteiger partial charge is 0.490 e. The van der Waals surface area contributed by atoms with Crippen molar-refractivity contribution in [3.05, 3.63) is 118 Å². The highest BCUT2D eigenvalue weighted by atomic mass is 35.5. The number of rotatable bonds is 17. The van der Waals surface area contributed by atoms with E-state index >= 15 is 0 Å². The van der Waals surface area contributed by atoms with Gasteiger partial charge in [-0.25, -0.2) is 0 Å². The number of halogens is 2. The molecular formula is C55H76Cl2N6O7. The number of anilines is 2. The van der Waals surface area contributed by atoms with Crippen LogP contribution < -0.4 is 30.3 Å². The molecule has 2 aliphatic carbocycles. The van der Waals surface area contributed by atoms with Crippen molar-refractivity contribution in [1.82, 2.24) is 15.1 Å². The second kappa shape index (κ2) is 25.7. The Bertz CT molecular complexity index is 2230. The van der Waals surface area contributed by atoms with Crippen LogP contribution in [-0.2, 0) is 9.59 Å². The third-order valence-corrected chi connectivity index (χ3v) is 14.5. The monoisotopic (exact) mass is 1000 g/mol. The number of carbonyl (C=O) groups is 2. The summed E-state index contributed by atoms with van der Waals surface area (Å²) in [5.41, 5.74) is 9.95. The summed E-state index contributed by atoms with van der Waals surface area (Å²) in [6, 6.07) is 30.1. The number of hydrogen-bond donors (Lipinski definition) is 5. The average Bonchev–Trinajstić information content (AvgIpc) is 3.96. The van der Waals surface area contributed by atoms with Crippen LogP contribution in [0.1, 0.15) is 96.4 Å². The normalized spacial score (nSPS) is 21.8. The molecule has 4 saturated heterocycles. The maximum atomic E-state index is 13.3. The van der Waals surface area contributed by atoms with Gasteiger partial charge in [-0.1, -0.05) is 54.9 Å². The van der Waals surface area contributed by atoms with Crippen LogP contribution in [0.25, 0.3) is 0 Å². The molecule has 0 unspecified atom stereocenters. The molecule has 6 aliphatic rings. The van der Waals surface area contributed by atoms with Gasteiger partial charge in [0.25, 0.3) is 0 Å². The van der Waals surface area contributed by atoms with Crippen LogP contribution in [0.3, 0.4) is 0 Å². The second-order valence-corrected chi connectivity index (χ2v) is 20.5. The predicted octanol–water partition coefficient (Wildman–Crippen LogP) is 8.84. The summed E-state index contributed by atoms with van der Waals surface area (Å²) in [6.45, 7) is 8.57. The molecule has 4 heterocycles. The van der Waals surface area contributed by atoms with Gasteiger partial charge in [0.2, 0.25) is 5.91 Å². The lowest BCUT2D eigenvalue weighted by molar-refractivity contribution is -0.141. The number of ether oxygens (including phenoxy) is 2. The third kappa shape index (κ3) is 15.7. The number of nitrogens with zero attached hydrogens (tertiary/aromatic N) is 4. The van der Waals surface area contributed by atoms with Crippen LogP contribution in [0.15, 0.2) is 97.1 Å². The molecule has 0 aromatic heterocycles. The van der Waals surface area contributed by atoms with Crippen molar-refractivity contribution < 1.29 is 35.8 Å². The number of aliphatic hydroxyl groups excluding tert-OH is 2. The molecule has 382 valence electrons. The van der Waals surface area contributed by atoms with Crippen LogP contribution in [0.2, 0.25) is 10.0 Å². The minimum atomic E-state index is -0.770. The standard InChI is InChI=1S/C27H34ClN3O3.C16H24N2O2.C11H12ClNO2.CH4.H2/c28-21-5-7-22(8-6-21)31-16-13-20(17-31)27(33)29-25(18-30-14-1-2-15-30)26(32)19-3-9-23(10-4-19)34-24-11-12-24;17-15(11-18-9-1-2-10-18)16(19)12-3-5-13(6-4-12)20-14-7-8-14;12-9-1-3-10(4-2-9)13-6-5-8(7-13)11(14)15;;/h3-10,20,24-26,32H,1-2,11-18H2,(H,29,33);3-6,14-16,19H,1-2,7-11,17H2;1-4,8H,5-7H2,(H,14,15);1H4;1H/t20-,25-,26-;15-,16-;8-;;/m111../s1. The third-order valence-electron chi connectivity index (χ3n) is 14.0. The van der Waals surface area contributed by atoms with Crippen LogP contribution in [0.5, 0.6) is 11.5 Å². The van der Waals surface area contributed by atoms with Gasteiger partial charge in [-0.05, 0) is 174 Å². The van der Waals surface area contributed by atoms with Gasteiger partial charge >= 0.3 is 5.97 Å². The SMILES string of the molecule is C.N[C@H](CN1CCCC1)[C@H](O)c1ccc(OC2CC2)cc1.O=C(N[C@H](CN1CCCC1)[C@H](O)c1ccc(OC2CC2)cc1)[C@@H]1CCN(c2ccc(Cl)cc2)C1.O=C(O)[C@@H]1CCN(c2ccc(Cl)cc2)C1.[HH]. The van der Waals surface area contributed by atoms with Crippen molar-refractivity contribution in [3.8, 4) is 11.5 Å².